The van der Waals surface area contributed by atoms with Gasteiger partial charge in [-0.1, -0.05) is 0 Å². The van der Waals surface area contributed by atoms with Crippen LogP contribution in [0.15, 0.2) is 18.2 Å². The van der Waals surface area contributed by atoms with E-state index in [9.17, 15) is 0 Å². The van der Waals surface area contributed by atoms with E-state index >= 15 is 0 Å². The first-order chi connectivity index (χ1) is 9.25. The Bertz CT molecular complexity index is 410. The molecule has 1 aliphatic rings. The Morgan fingerprint density at radius 3 is 2.42 bits per heavy atom. The monoisotopic (exact) mass is 267 g/mol. The van der Waals surface area contributed by atoms with Gasteiger partial charge < -0.3 is 24.7 Å². The Balaban J connectivity index is 2.36. The number of ether oxygens (including phenoxy) is 4. The smallest absolute Gasteiger partial charge is 0.196 e. The second-order valence-electron chi connectivity index (χ2n) is 4.41. The Labute approximate surface area is 113 Å². The van der Waals surface area contributed by atoms with Crippen molar-refractivity contribution in [2.75, 3.05) is 34.0 Å². The maximum atomic E-state index is 5.87. The summed E-state index contributed by atoms with van der Waals surface area (Å²) in [6, 6.07) is 5.68. The van der Waals surface area contributed by atoms with E-state index in [1.165, 1.54) is 0 Å². The lowest BCUT2D eigenvalue weighted by molar-refractivity contribution is -0.278. The van der Waals surface area contributed by atoms with Crippen LogP contribution in [0.25, 0.3) is 0 Å². The van der Waals surface area contributed by atoms with Crippen LogP contribution in [-0.2, 0) is 15.3 Å². The van der Waals surface area contributed by atoms with Gasteiger partial charge in [-0.15, -0.1) is 0 Å². The second kappa shape index (κ2) is 6.23. The highest BCUT2D eigenvalue weighted by molar-refractivity contribution is 5.44. The molecule has 1 heterocycles. The van der Waals surface area contributed by atoms with Crippen LogP contribution in [-0.4, -0.2) is 34.0 Å². The highest BCUT2D eigenvalue weighted by Crippen LogP contribution is 2.38. The Morgan fingerprint density at radius 1 is 1.16 bits per heavy atom. The fourth-order valence-corrected chi connectivity index (χ4v) is 2.29. The molecule has 1 fully saturated rings. The number of methoxy groups -OCH3 is 2. The van der Waals surface area contributed by atoms with Crippen molar-refractivity contribution in [3.63, 3.8) is 0 Å². The number of nitrogens with two attached hydrogens (primary N) is 1. The zero-order valence-electron chi connectivity index (χ0n) is 11.5. The summed E-state index contributed by atoms with van der Waals surface area (Å²) >= 11 is 0. The van der Waals surface area contributed by atoms with Gasteiger partial charge in [-0.05, 0) is 31.2 Å². The van der Waals surface area contributed by atoms with Gasteiger partial charge >= 0.3 is 0 Å². The van der Waals surface area contributed by atoms with Crippen LogP contribution in [0.3, 0.4) is 0 Å². The van der Waals surface area contributed by atoms with Crippen LogP contribution in [0.4, 0.5) is 0 Å². The summed E-state index contributed by atoms with van der Waals surface area (Å²) in [5.41, 5.74) is 6.60. The van der Waals surface area contributed by atoms with Gasteiger partial charge in [0.15, 0.2) is 17.3 Å². The summed E-state index contributed by atoms with van der Waals surface area (Å²) in [6.07, 6.45) is 1.52. The maximum absolute atomic E-state index is 5.87. The zero-order valence-corrected chi connectivity index (χ0v) is 11.5. The Kier molecular flexibility index (Phi) is 4.63. The molecule has 0 spiro atoms. The van der Waals surface area contributed by atoms with Crippen LogP contribution < -0.4 is 15.2 Å². The van der Waals surface area contributed by atoms with Crippen molar-refractivity contribution in [3.8, 4) is 11.5 Å². The normalized spacial score (nSPS) is 18.1. The third-order valence-electron chi connectivity index (χ3n) is 3.26. The van der Waals surface area contributed by atoms with E-state index in [0.717, 1.165) is 12.0 Å². The molecule has 1 aromatic rings. The molecular weight excluding hydrogens is 246 g/mol. The van der Waals surface area contributed by atoms with Gasteiger partial charge in [0.2, 0.25) is 0 Å². The quantitative estimate of drug-likeness (QED) is 0.878. The lowest BCUT2D eigenvalue weighted by Crippen LogP contribution is -2.39. The summed E-state index contributed by atoms with van der Waals surface area (Å²) in [6.45, 7) is 1.84. The second-order valence-corrected chi connectivity index (χ2v) is 4.41. The molecule has 106 valence electrons. The van der Waals surface area contributed by atoms with Crippen LogP contribution >= 0.6 is 0 Å². The molecule has 19 heavy (non-hydrogen) atoms. The minimum absolute atomic E-state index is 0.494. The number of rotatable bonds is 5. The van der Waals surface area contributed by atoms with E-state index in [2.05, 4.69) is 0 Å². The summed E-state index contributed by atoms with van der Waals surface area (Å²) in [7, 11) is 3.22. The number of benzene rings is 1. The lowest BCUT2D eigenvalue weighted by Gasteiger charge is -2.37. The number of hydrogen-bond donors (Lipinski definition) is 1. The molecule has 0 aromatic heterocycles. The van der Waals surface area contributed by atoms with Crippen molar-refractivity contribution in [2.24, 2.45) is 5.73 Å². The Morgan fingerprint density at radius 2 is 1.84 bits per heavy atom. The molecule has 0 saturated carbocycles. The molecular formula is C14H21NO4. The lowest BCUT2D eigenvalue weighted by atomic mass is 10.0. The standard InChI is InChI=1S/C14H21NO4/c1-16-12-5-4-11(10-13(12)17-2)14(6-7-15)18-8-3-9-19-14/h4-5,10H,3,6-9,15H2,1-2H3. The molecule has 0 aliphatic carbocycles. The molecule has 1 saturated heterocycles. The van der Waals surface area contributed by atoms with Crippen molar-refractivity contribution in [2.45, 2.75) is 18.6 Å². The fourth-order valence-electron chi connectivity index (χ4n) is 2.29. The molecule has 0 bridgehead atoms. The maximum Gasteiger partial charge on any atom is 0.196 e. The third kappa shape index (κ3) is 2.83. The molecule has 1 aromatic carbocycles. The predicted octanol–water partition coefficient (Wildman–Crippen LogP) is 1.64. The van der Waals surface area contributed by atoms with Crippen LogP contribution in [0.2, 0.25) is 0 Å². The molecule has 5 nitrogen and oxygen atoms in total. The fraction of sp³-hybridized carbons (Fsp3) is 0.571. The zero-order chi connectivity index (χ0) is 13.7. The van der Waals surface area contributed by atoms with Crippen LogP contribution in [0, 0.1) is 0 Å². The average molecular weight is 267 g/mol. The van der Waals surface area contributed by atoms with E-state index < -0.39 is 5.79 Å². The molecule has 0 atom stereocenters. The SMILES string of the molecule is COc1ccc(C2(CCN)OCCCO2)cc1OC. The predicted molar refractivity (Wildman–Crippen MR) is 71.4 cm³/mol. The van der Waals surface area contributed by atoms with Gasteiger partial charge in [0.25, 0.3) is 0 Å². The molecule has 0 amide bonds. The summed E-state index contributed by atoms with van der Waals surface area (Å²) in [5, 5.41) is 0. The Hall–Kier alpha value is -1.30. The van der Waals surface area contributed by atoms with E-state index in [0.29, 0.717) is 37.7 Å². The molecule has 0 radical (unpaired) electrons. The largest absolute Gasteiger partial charge is 0.493 e. The van der Waals surface area contributed by atoms with Crippen molar-refractivity contribution < 1.29 is 18.9 Å². The minimum Gasteiger partial charge on any atom is -0.493 e. The molecule has 2 N–H and O–H groups in total. The first kappa shape index (κ1) is 14.1. The van der Waals surface area contributed by atoms with Gasteiger partial charge in [0.1, 0.15) is 0 Å². The van der Waals surface area contributed by atoms with Gasteiger partial charge in [0, 0.05) is 12.0 Å². The third-order valence-corrected chi connectivity index (χ3v) is 3.26. The van der Waals surface area contributed by atoms with Crippen molar-refractivity contribution in [1.29, 1.82) is 0 Å². The van der Waals surface area contributed by atoms with E-state index in [1.807, 2.05) is 18.2 Å². The van der Waals surface area contributed by atoms with Gasteiger partial charge in [0.05, 0.1) is 27.4 Å². The molecule has 2 rings (SSSR count). The van der Waals surface area contributed by atoms with Gasteiger partial charge in [-0.3, -0.25) is 0 Å². The minimum atomic E-state index is -0.757. The van der Waals surface area contributed by atoms with Crippen LogP contribution in [0.1, 0.15) is 18.4 Å². The average Bonchev–Trinajstić information content (AvgIpc) is 2.47. The molecule has 0 unspecified atom stereocenters. The van der Waals surface area contributed by atoms with E-state index in [1.54, 1.807) is 14.2 Å². The first-order valence-corrected chi connectivity index (χ1v) is 6.46. The summed E-state index contributed by atoms with van der Waals surface area (Å²) in [5.74, 6) is 0.589. The summed E-state index contributed by atoms with van der Waals surface area (Å²) in [4.78, 5) is 0. The van der Waals surface area contributed by atoms with Gasteiger partial charge in [-0.25, -0.2) is 0 Å². The topological polar surface area (TPSA) is 62.9 Å². The highest BCUT2D eigenvalue weighted by Gasteiger charge is 2.36. The highest BCUT2D eigenvalue weighted by atomic mass is 16.7. The van der Waals surface area contributed by atoms with Crippen LogP contribution in [0.5, 0.6) is 11.5 Å². The number of hydrogen-bond acceptors (Lipinski definition) is 5. The van der Waals surface area contributed by atoms with Crippen molar-refractivity contribution >= 4 is 0 Å². The van der Waals surface area contributed by atoms with Gasteiger partial charge in [-0.2, -0.15) is 0 Å². The molecule has 5 heteroatoms. The van der Waals surface area contributed by atoms with E-state index in [-0.39, 0.29) is 0 Å². The summed E-state index contributed by atoms with van der Waals surface area (Å²) < 4.78 is 22.3. The van der Waals surface area contributed by atoms with Crippen molar-refractivity contribution in [3.05, 3.63) is 23.8 Å². The first-order valence-electron chi connectivity index (χ1n) is 6.46. The van der Waals surface area contributed by atoms with E-state index in [4.69, 9.17) is 24.7 Å². The van der Waals surface area contributed by atoms with Crippen molar-refractivity contribution in [1.82, 2.24) is 0 Å². The molecule has 1 aliphatic heterocycles.